The second-order valence-corrected chi connectivity index (χ2v) is 5.41. The van der Waals surface area contributed by atoms with Crippen molar-refractivity contribution in [3.63, 3.8) is 0 Å². The maximum atomic E-state index is 12.6. The minimum Gasteiger partial charge on any atom is -0.321 e. The van der Waals surface area contributed by atoms with Crippen LogP contribution in [-0.4, -0.2) is 26.6 Å². The van der Waals surface area contributed by atoms with Gasteiger partial charge in [0, 0.05) is 24.5 Å². The number of benzene rings is 2. The quantitative estimate of drug-likeness (QED) is 0.419. The molecule has 1 aromatic heterocycles. The minimum atomic E-state index is -0.604. The summed E-state index contributed by atoms with van der Waals surface area (Å²) in [6.45, 7) is 0. The zero-order valence-electron chi connectivity index (χ0n) is 13.6. The molecule has 0 saturated heterocycles. The second-order valence-electron chi connectivity index (χ2n) is 5.41. The molecule has 1 unspecified atom stereocenters. The van der Waals surface area contributed by atoms with Crippen LogP contribution in [0.5, 0.6) is 0 Å². The molecular formula is C18H15N5O3. The number of hydrazone groups is 1. The summed E-state index contributed by atoms with van der Waals surface area (Å²) in [5.41, 5.74) is 3.93. The van der Waals surface area contributed by atoms with Gasteiger partial charge >= 0.3 is 0 Å². The number of amides is 1. The van der Waals surface area contributed by atoms with Gasteiger partial charge in [-0.15, -0.1) is 0 Å². The lowest BCUT2D eigenvalue weighted by Crippen LogP contribution is -2.29. The van der Waals surface area contributed by atoms with Gasteiger partial charge in [-0.25, -0.2) is 10.4 Å². The van der Waals surface area contributed by atoms with Crippen LogP contribution in [0.2, 0.25) is 0 Å². The molecule has 0 bridgehead atoms. The lowest BCUT2D eigenvalue weighted by Gasteiger charge is -2.16. The number of nitrogens with one attached hydrogen (secondary N) is 1. The predicted molar refractivity (Wildman–Crippen MR) is 95.6 cm³/mol. The SMILES string of the molecule is O=C(N/N=C/c1ccc([N+](=O)[O-])cc1)C(c1ccccc1)n1ccnc1. The Balaban J connectivity index is 1.73. The van der Waals surface area contributed by atoms with E-state index in [9.17, 15) is 14.9 Å². The predicted octanol–water partition coefficient (Wildman–Crippen LogP) is 2.53. The number of carbonyl (C=O) groups excluding carboxylic acids is 1. The molecule has 0 fully saturated rings. The van der Waals surface area contributed by atoms with Gasteiger partial charge < -0.3 is 4.57 Å². The first-order valence-electron chi connectivity index (χ1n) is 7.75. The molecule has 0 aliphatic heterocycles. The topological polar surface area (TPSA) is 102 Å². The third-order valence-electron chi connectivity index (χ3n) is 3.68. The van der Waals surface area contributed by atoms with Gasteiger partial charge in [0.25, 0.3) is 11.6 Å². The van der Waals surface area contributed by atoms with Crippen molar-refractivity contribution in [1.82, 2.24) is 15.0 Å². The van der Waals surface area contributed by atoms with Crippen LogP contribution in [0.4, 0.5) is 5.69 Å². The highest BCUT2D eigenvalue weighted by molar-refractivity contribution is 5.86. The van der Waals surface area contributed by atoms with Gasteiger partial charge in [0.1, 0.15) is 6.04 Å². The van der Waals surface area contributed by atoms with Gasteiger partial charge in [0.2, 0.25) is 0 Å². The average molecular weight is 349 g/mol. The lowest BCUT2D eigenvalue weighted by molar-refractivity contribution is -0.384. The molecule has 8 heteroatoms. The fourth-order valence-corrected chi connectivity index (χ4v) is 2.43. The van der Waals surface area contributed by atoms with Crippen molar-refractivity contribution >= 4 is 17.8 Å². The molecule has 1 amide bonds. The van der Waals surface area contributed by atoms with Crippen LogP contribution in [0, 0.1) is 10.1 Å². The number of nitrogens with zero attached hydrogens (tertiary/aromatic N) is 4. The van der Waals surface area contributed by atoms with Crippen molar-refractivity contribution in [3.8, 4) is 0 Å². The summed E-state index contributed by atoms with van der Waals surface area (Å²) in [7, 11) is 0. The van der Waals surface area contributed by atoms with E-state index < -0.39 is 11.0 Å². The van der Waals surface area contributed by atoms with Crippen LogP contribution in [-0.2, 0) is 4.79 Å². The molecule has 26 heavy (non-hydrogen) atoms. The Morgan fingerprint density at radius 2 is 1.92 bits per heavy atom. The van der Waals surface area contributed by atoms with Gasteiger partial charge in [-0.3, -0.25) is 14.9 Å². The first-order valence-corrected chi connectivity index (χ1v) is 7.75. The fourth-order valence-electron chi connectivity index (χ4n) is 2.43. The number of nitro groups is 1. The molecule has 2 aromatic carbocycles. The van der Waals surface area contributed by atoms with Gasteiger partial charge in [0.15, 0.2) is 0 Å². The molecule has 0 spiro atoms. The van der Waals surface area contributed by atoms with Crippen molar-refractivity contribution < 1.29 is 9.72 Å². The molecule has 1 heterocycles. The molecule has 130 valence electrons. The number of rotatable bonds is 6. The Morgan fingerprint density at radius 1 is 1.19 bits per heavy atom. The van der Waals surface area contributed by atoms with Crippen LogP contribution in [0.3, 0.4) is 0 Å². The van der Waals surface area contributed by atoms with E-state index in [1.165, 1.54) is 18.3 Å². The van der Waals surface area contributed by atoms with E-state index in [1.54, 1.807) is 35.4 Å². The summed E-state index contributed by atoms with van der Waals surface area (Å²) in [6.07, 6.45) is 6.30. The molecular weight excluding hydrogens is 334 g/mol. The minimum absolute atomic E-state index is 0.00423. The third-order valence-corrected chi connectivity index (χ3v) is 3.68. The van der Waals surface area contributed by atoms with E-state index in [2.05, 4.69) is 15.5 Å². The van der Waals surface area contributed by atoms with E-state index in [-0.39, 0.29) is 11.6 Å². The standard InChI is InChI=1S/C18H15N5O3/c24-18(21-20-12-14-6-8-16(9-7-14)23(25)26)17(22-11-10-19-13-22)15-4-2-1-3-5-15/h1-13,17H,(H,21,24)/b20-12+. The Bertz CT molecular complexity index is 906. The van der Waals surface area contributed by atoms with Gasteiger partial charge in [-0.1, -0.05) is 30.3 Å². The molecule has 0 aliphatic carbocycles. The monoisotopic (exact) mass is 349 g/mol. The van der Waals surface area contributed by atoms with Crippen molar-refractivity contribution in [2.24, 2.45) is 5.10 Å². The van der Waals surface area contributed by atoms with Crippen LogP contribution >= 0.6 is 0 Å². The van der Waals surface area contributed by atoms with Crippen molar-refractivity contribution in [1.29, 1.82) is 0 Å². The molecule has 0 aliphatic rings. The highest BCUT2D eigenvalue weighted by Gasteiger charge is 2.21. The number of imidazole rings is 1. The van der Waals surface area contributed by atoms with Gasteiger partial charge in [0.05, 0.1) is 17.5 Å². The molecule has 0 radical (unpaired) electrons. The van der Waals surface area contributed by atoms with E-state index >= 15 is 0 Å². The molecule has 1 N–H and O–H groups in total. The Kier molecular flexibility index (Phi) is 5.14. The number of hydrogen-bond donors (Lipinski definition) is 1. The first kappa shape index (κ1) is 17.0. The lowest BCUT2D eigenvalue weighted by atomic mass is 10.1. The fraction of sp³-hybridized carbons (Fsp3) is 0.0556. The molecule has 3 rings (SSSR count). The first-order chi connectivity index (χ1) is 12.6. The normalized spacial score (nSPS) is 12.0. The van der Waals surface area contributed by atoms with Crippen LogP contribution < -0.4 is 5.43 Å². The average Bonchev–Trinajstić information content (AvgIpc) is 3.17. The third kappa shape index (κ3) is 3.99. The summed E-state index contributed by atoms with van der Waals surface area (Å²) in [5.74, 6) is -0.327. The Hall–Kier alpha value is -3.81. The zero-order chi connectivity index (χ0) is 18.4. The number of non-ortho nitro benzene ring substituents is 1. The van der Waals surface area contributed by atoms with E-state index in [4.69, 9.17) is 0 Å². The van der Waals surface area contributed by atoms with Crippen LogP contribution in [0.25, 0.3) is 0 Å². The second kappa shape index (κ2) is 7.84. The number of carbonyl (C=O) groups is 1. The molecule has 8 nitrogen and oxygen atoms in total. The largest absolute Gasteiger partial charge is 0.321 e. The van der Waals surface area contributed by atoms with E-state index in [0.717, 1.165) is 5.56 Å². The van der Waals surface area contributed by atoms with E-state index in [1.807, 2.05) is 30.3 Å². The molecule has 1 atom stereocenters. The van der Waals surface area contributed by atoms with Crippen molar-refractivity contribution in [3.05, 3.63) is 94.6 Å². The molecule has 3 aromatic rings. The van der Waals surface area contributed by atoms with Crippen LogP contribution in [0.1, 0.15) is 17.2 Å². The smallest absolute Gasteiger partial charge is 0.269 e. The number of aromatic nitrogens is 2. The molecule has 0 saturated carbocycles. The highest BCUT2D eigenvalue weighted by Crippen LogP contribution is 2.18. The van der Waals surface area contributed by atoms with Crippen molar-refractivity contribution in [2.75, 3.05) is 0 Å². The summed E-state index contributed by atoms with van der Waals surface area (Å²) in [4.78, 5) is 26.8. The van der Waals surface area contributed by atoms with E-state index in [0.29, 0.717) is 5.56 Å². The Morgan fingerprint density at radius 3 is 2.54 bits per heavy atom. The summed E-state index contributed by atoms with van der Waals surface area (Å²) in [5, 5.41) is 14.6. The maximum absolute atomic E-state index is 12.6. The summed E-state index contributed by atoms with van der Waals surface area (Å²) < 4.78 is 1.69. The summed E-state index contributed by atoms with van der Waals surface area (Å²) in [6, 6.07) is 14.5. The van der Waals surface area contributed by atoms with Crippen LogP contribution in [0.15, 0.2) is 78.4 Å². The number of hydrogen-bond acceptors (Lipinski definition) is 5. The van der Waals surface area contributed by atoms with Gasteiger partial charge in [-0.05, 0) is 23.3 Å². The van der Waals surface area contributed by atoms with Gasteiger partial charge in [-0.2, -0.15) is 5.10 Å². The summed E-state index contributed by atoms with van der Waals surface area (Å²) >= 11 is 0. The number of nitro benzene ring substituents is 1. The van der Waals surface area contributed by atoms with Crippen molar-refractivity contribution in [2.45, 2.75) is 6.04 Å². The highest BCUT2D eigenvalue weighted by atomic mass is 16.6. The zero-order valence-corrected chi connectivity index (χ0v) is 13.6. The maximum Gasteiger partial charge on any atom is 0.269 e. The Labute approximate surface area is 149 Å².